The Morgan fingerprint density at radius 1 is 1.62 bits per heavy atom. The maximum Gasteiger partial charge on any atom is 0.183 e. The quantitative estimate of drug-likeness (QED) is 0.618. The van der Waals surface area contributed by atoms with Gasteiger partial charge in [-0.1, -0.05) is 0 Å². The summed E-state index contributed by atoms with van der Waals surface area (Å²) >= 11 is 0. The molecule has 3 heteroatoms. The van der Waals surface area contributed by atoms with Crippen molar-refractivity contribution in [2.75, 3.05) is 0 Å². The second-order valence-electron chi connectivity index (χ2n) is 4.01. The van der Waals surface area contributed by atoms with Gasteiger partial charge in [-0.15, -0.1) is 0 Å². The van der Waals surface area contributed by atoms with Gasteiger partial charge in [-0.2, -0.15) is 0 Å². The monoisotopic (exact) mass is 185 g/mol. The van der Waals surface area contributed by atoms with Crippen LogP contribution in [0.3, 0.4) is 0 Å². The van der Waals surface area contributed by atoms with Crippen molar-refractivity contribution in [3.05, 3.63) is 6.92 Å². The average Bonchev–Trinajstić information content (AvgIpc) is 1.98. The number of aliphatic hydroxyl groups is 2. The number of Topliss-reactive ketones (excluding diaryl/α,β-unsaturated/α-hetero) is 1. The predicted molar refractivity (Wildman–Crippen MR) is 48.9 cm³/mol. The first-order valence-corrected chi connectivity index (χ1v) is 4.73. The lowest BCUT2D eigenvalue weighted by molar-refractivity contribution is -0.131. The summed E-state index contributed by atoms with van der Waals surface area (Å²) in [7, 11) is 0. The maximum absolute atomic E-state index is 11.5. The van der Waals surface area contributed by atoms with Crippen LogP contribution in [0, 0.1) is 18.8 Å². The van der Waals surface area contributed by atoms with E-state index in [1.54, 1.807) is 6.92 Å². The van der Waals surface area contributed by atoms with Crippen molar-refractivity contribution in [1.82, 2.24) is 0 Å². The minimum atomic E-state index is -0.480. The van der Waals surface area contributed by atoms with E-state index in [2.05, 4.69) is 6.92 Å². The highest BCUT2D eigenvalue weighted by Gasteiger charge is 2.37. The number of hydrogen-bond donors (Lipinski definition) is 2. The van der Waals surface area contributed by atoms with Crippen molar-refractivity contribution >= 4 is 5.78 Å². The van der Waals surface area contributed by atoms with E-state index in [1.165, 1.54) is 0 Å². The second kappa shape index (κ2) is 4.11. The molecule has 1 fully saturated rings. The molecule has 74 valence electrons. The topological polar surface area (TPSA) is 57.5 Å². The Hall–Kier alpha value is -0.540. The van der Waals surface area contributed by atoms with Crippen LogP contribution >= 0.6 is 0 Å². The second-order valence-corrected chi connectivity index (χ2v) is 4.01. The minimum Gasteiger partial charge on any atom is -0.393 e. The Morgan fingerprint density at radius 3 is 2.77 bits per heavy atom. The molecule has 4 atom stereocenters. The van der Waals surface area contributed by atoms with Gasteiger partial charge in [0.15, 0.2) is 11.7 Å². The van der Waals surface area contributed by atoms with E-state index in [0.29, 0.717) is 19.3 Å². The zero-order valence-electron chi connectivity index (χ0n) is 7.94. The van der Waals surface area contributed by atoms with Crippen molar-refractivity contribution in [3.8, 4) is 0 Å². The molecule has 0 aromatic heterocycles. The average molecular weight is 185 g/mol. The lowest BCUT2D eigenvalue weighted by atomic mass is 9.77. The van der Waals surface area contributed by atoms with Crippen LogP contribution in [0.25, 0.3) is 0 Å². The Bertz CT molecular complexity index is 187. The molecule has 0 heterocycles. The molecular weight excluding hydrogens is 168 g/mol. The van der Waals surface area contributed by atoms with Crippen molar-refractivity contribution in [1.29, 1.82) is 0 Å². The van der Waals surface area contributed by atoms with Gasteiger partial charge >= 0.3 is 0 Å². The van der Waals surface area contributed by atoms with Gasteiger partial charge in [0.1, 0.15) is 0 Å². The van der Waals surface area contributed by atoms with Gasteiger partial charge in [-0.3, -0.25) is 4.79 Å². The fourth-order valence-corrected chi connectivity index (χ4v) is 1.94. The van der Waals surface area contributed by atoms with E-state index in [9.17, 15) is 9.90 Å². The van der Waals surface area contributed by atoms with Crippen LogP contribution in [0.1, 0.15) is 26.2 Å². The number of aliphatic hydroxyl groups excluding tert-OH is 2. The highest BCUT2D eigenvalue weighted by molar-refractivity contribution is 5.84. The molecule has 0 radical (unpaired) electrons. The van der Waals surface area contributed by atoms with Crippen LogP contribution in [-0.4, -0.2) is 28.2 Å². The molecule has 0 aliphatic heterocycles. The summed E-state index contributed by atoms with van der Waals surface area (Å²) in [4.78, 5) is 11.5. The zero-order chi connectivity index (χ0) is 10.0. The summed E-state index contributed by atoms with van der Waals surface area (Å²) in [6.07, 6.45) is 0.489. The van der Waals surface area contributed by atoms with Crippen LogP contribution in [0.4, 0.5) is 0 Å². The van der Waals surface area contributed by atoms with Crippen molar-refractivity contribution < 1.29 is 15.0 Å². The molecule has 1 saturated carbocycles. The van der Waals surface area contributed by atoms with E-state index in [4.69, 9.17) is 5.11 Å². The number of ketones is 1. The van der Waals surface area contributed by atoms with Gasteiger partial charge in [-0.25, -0.2) is 0 Å². The lowest BCUT2D eigenvalue weighted by Crippen LogP contribution is -2.35. The minimum absolute atomic E-state index is 0.0891. The van der Waals surface area contributed by atoms with Gasteiger partial charge in [-0.05, 0) is 19.8 Å². The molecule has 4 unspecified atom stereocenters. The van der Waals surface area contributed by atoms with Crippen LogP contribution < -0.4 is 0 Å². The van der Waals surface area contributed by atoms with Gasteiger partial charge in [0.25, 0.3) is 0 Å². The maximum atomic E-state index is 11.5. The molecule has 0 aromatic rings. The highest BCUT2D eigenvalue weighted by atomic mass is 16.3. The van der Waals surface area contributed by atoms with Gasteiger partial charge in [0, 0.05) is 12.3 Å². The van der Waals surface area contributed by atoms with Crippen molar-refractivity contribution in [3.63, 3.8) is 0 Å². The van der Waals surface area contributed by atoms with Gasteiger partial charge < -0.3 is 10.2 Å². The molecule has 1 rings (SSSR count). The molecule has 0 aromatic carbocycles. The fourth-order valence-electron chi connectivity index (χ4n) is 1.94. The third-order valence-corrected chi connectivity index (χ3v) is 2.54. The third-order valence-electron chi connectivity index (χ3n) is 2.54. The lowest BCUT2D eigenvalue weighted by Gasteiger charge is -2.26. The summed E-state index contributed by atoms with van der Waals surface area (Å²) in [6, 6.07) is 0. The highest BCUT2D eigenvalue weighted by Crippen LogP contribution is 2.28. The molecule has 13 heavy (non-hydrogen) atoms. The van der Waals surface area contributed by atoms with Crippen molar-refractivity contribution in [2.45, 2.75) is 38.4 Å². The first kappa shape index (κ1) is 10.5. The summed E-state index contributed by atoms with van der Waals surface area (Å²) in [5.74, 6) is -0.412. The van der Waals surface area contributed by atoms with Crippen molar-refractivity contribution in [2.24, 2.45) is 11.8 Å². The third kappa shape index (κ3) is 2.71. The first-order chi connectivity index (χ1) is 6.00. The molecule has 2 N–H and O–H groups in total. The van der Waals surface area contributed by atoms with E-state index in [1.807, 2.05) is 0 Å². The Labute approximate surface area is 78.8 Å². The summed E-state index contributed by atoms with van der Waals surface area (Å²) < 4.78 is 0. The SMILES string of the molecule is [CH2+]C1CC(O)CC(CC(C)O)C1=O. The first-order valence-electron chi connectivity index (χ1n) is 4.73. The largest absolute Gasteiger partial charge is 0.393 e. The van der Waals surface area contributed by atoms with Crippen LogP contribution in [0.15, 0.2) is 0 Å². The Kier molecular flexibility index (Phi) is 3.33. The Balaban J connectivity index is 2.56. The standard InChI is InChI=1S/C10H17O3/c1-6-3-9(12)5-8(10(6)13)4-7(2)11/h6-9,11-12H,1,3-5H2,2H3/q+1. The van der Waals surface area contributed by atoms with Crippen LogP contribution in [-0.2, 0) is 4.79 Å². The van der Waals surface area contributed by atoms with E-state index in [-0.39, 0.29) is 17.6 Å². The number of carbonyl (C=O) groups excluding carboxylic acids is 1. The molecule has 0 spiro atoms. The number of carbonyl (C=O) groups is 1. The van der Waals surface area contributed by atoms with Crippen LogP contribution in [0.5, 0.6) is 0 Å². The number of rotatable bonds is 2. The molecule has 0 saturated heterocycles. The zero-order valence-corrected chi connectivity index (χ0v) is 7.94. The smallest absolute Gasteiger partial charge is 0.183 e. The van der Waals surface area contributed by atoms with E-state index in [0.717, 1.165) is 0 Å². The van der Waals surface area contributed by atoms with E-state index >= 15 is 0 Å². The fraction of sp³-hybridized carbons (Fsp3) is 0.800. The normalized spacial score (nSPS) is 37.5. The summed E-state index contributed by atoms with van der Waals surface area (Å²) in [5, 5.41) is 18.5. The van der Waals surface area contributed by atoms with Crippen LogP contribution in [0.2, 0.25) is 0 Å². The molecule has 1 aliphatic rings. The molecule has 0 amide bonds. The summed E-state index contributed by atoms with van der Waals surface area (Å²) in [5.41, 5.74) is 0. The predicted octanol–water partition coefficient (Wildman–Crippen LogP) is 0.548. The molecule has 0 bridgehead atoms. The van der Waals surface area contributed by atoms with Gasteiger partial charge in [0.2, 0.25) is 0 Å². The number of hydrogen-bond acceptors (Lipinski definition) is 3. The summed E-state index contributed by atoms with van der Waals surface area (Å²) in [6.45, 7) is 5.35. The Morgan fingerprint density at radius 2 is 2.23 bits per heavy atom. The molecular formula is C10H17O3+. The molecule has 1 aliphatic carbocycles. The molecule has 3 nitrogen and oxygen atoms in total. The van der Waals surface area contributed by atoms with Gasteiger partial charge in [0.05, 0.1) is 19.1 Å². The van der Waals surface area contributed by atoms with E-state index < -0.39 is 12.2 Å².